The number of nitrogens with zero attached hydrogens (tertiary/aromatic N) is 1. The van der Waals surface area contributed by atoms with Gasteiger partial charge in [-0.1, -0.05) is 48.0 Å². The van der Waals surface area contributed by atoms with Crippen LogP contribution in [0.25, 0.3) is 0 Å². The van der Waals surface area contributed by atoms with E-state index in [4.69, 9.17) is 16.3 Å². The highest BCUT2D eigenvalue weighted by atomic mass is 35.5. The fourth-order valence-electron chi connectivity index (χ4n) is 2.91. The summed E-state index contributed by atoms with van der Waals surface area (Å²) in [6.07, 6.45) is 0.0740. The zero-order chi connectivity index (χ0) is 22.2. The van der Waals surface area contributed by atoms with Crippen molar-refractivity contribution in [1.82, 2.24) is 4.90 Å². The van der Waals surface area contributed by atoms with E-state index >= 15 is 0 Å². The maximum absolute atomic E-state index is 13.2. The molecule has 0 bridgehead atoms. The molecule has 3 rings (SSSR count). The zero-order valence-electron chi connectivity index (χ0n) is 16.8. The van der Waals surface area contributed by atoms with Gasteiger partial charge in [0.15, 0.2) is 0 Å². The molecule has 0 fully saturated rings. The first-order chi connectivity index (χ1) is 15.0. The van der Waals surface area contributed by atoms with Crippen LogP contribution in [0.15, 0.2) is 66.0 Å². The van der Waals surface area contributed by atoms with E-state index in [0.29, 0.717) is 27.7 Å². The van der Waals surface area contributed by atoms with Crippen LogP contribution in [-0.4, -0.2) is 36.3 Å². The summed E-state index contributed by atoms with van der Waals surface area (Å²) in [6, 6.07) is 17.7. The Kier molecular flexibility index (Phi) is 7.81. The number of hydrogen-bond acceptors (Lipinski definition) is 5. The molecule has 0 atom stereocenters. The highest BCUT2D eigenvalue weighted by Crippen LogP contribution is 2.25. The van der Waals surface area contributed by atoms with E-state index in [1.165, 1.54) is 18.4 Å². The topological polar surface area (TPSA) is 75.7 Å². The summed E-state index contributed by atoms with van der Waals surface area (Å²) in [4.78, 5) is 39.4. The van der Waals surface area contributed by atoms with Crippen molar-refractivity contribution in [2.45, 2.75) is 13.0 Å². The third-order valence-electron chi connectivity index (χ3n) is 4.52. The Morgan fingerprint density at radius 2 is 1.84 bits per heavy atom. The zero-order valence-corrected chi connectivity index (χ0v) is 18.4. The van der Waals surface area contributed by atoms with Crippen LogP contribution in [0, 0.1) is 0 Å². The number of esters is 1. The Hall–Kier alpha value is -3.16. The minimum absolute atomic E-state index is 0.0740. The average Bonchev–Trinajstić information content (AvgIpc) is 3.33. The van der Waals surface area contributed by atoms with Crippen molar-refractivity contribution in [1.29, 1.82) is 0 Å². The lowest BCUT2D eigenvalue weighted by Crippen LogP contribution is -2.33. The fraction of sp³-hybridized carbons (Fsp3) is 0.174. The second-order valence-electron chi connectivity index (χ2n) is 6.66. The Balaban J connectivity index is 1.82. The third-order valence-corrected chi connectivity index (χ3v) is 5.72. The lowest BCUT2D eigenvalue weighted by atomic mass is 10.1. The molecule has 1 heterocycles. The summed E-state index contributed by atoms with van der Waals surface area (Å²) in [5, 5.41) is 4.88. The van der Waals surface area contributed by atoms with E-state index in [-0.39, 0.29) is 24.8 Å². The minimum Gasteiger partial charge on any atom is -0.469 e. The molecule has 0 spiro atoms. The first kappa shape index (κ1) is 22.5. The van der Waals surface area contributed by atoms with Gasteiger partial charge in [-0.2, -0.15) is 0 Å². The Labute approximate surface area is 189 Å². The van der Waals surface area contributed by atoms with Gasteiger partial charge in [0.2, 0.25) is 0 Å². The van der Waals surface area contributed by atoms with E-state index in [9.17, 15) is 14.4 Å². The van der Waals surface area contributed by atoms with Crippen LogP contribution in [0.1, 0.15) is 32.0 Å². The summed E-state index contributed by atoms with van der Waals surface area (Å²) >= 11 is 7.55. The summed E-state index contributed by atoms with van der Waals surface area (Å²) in [7, 11) is 1.31. The van der Waals surface area contributed by atoms with E-state index in [2.05, 4.69) is 5.32 Å². The first-order valence-corrected chi connectivity index (χ1v) is 10.8. The molecule has 8 heteroatoms. The highest BCUT2D eigenvalue weighted by molar-refractivity contribution is 7.12. The van der Waals surface area contributed by atoms with Gasteiger partial charge >= 0.3 is 5.97 Å². The second kappa shape index (κ2) is 10.7. The lowest BCUT2D eigenvalue weighted by Gasteiger charge is -2.23. The average molecular weight is 457 g/mol. The van der Waals surface area contributed by atoms with Gasteiger partial charge in [-0.05, 0) is 35.2 Å². The van der Waals surface area contributed by atoms with Gasteiger partial charge in [-0.3, -0.25) is 14.4 Å². The summed E-state index contributed by atoms with van der Waals surface area (Å²) in [5.74, 6) is -0.977. The molecule has 0 aliphatic carbocycles. The van der Waals surface area contributed by atoms with Crippen molar-refractivity contribution in [2.75, 3.05) is 19.0 Å². The van der Waals surface area contributed by atoms with Crippen LogP contribution in [0.4, 0.5) is 5.69 Å². The summed E-state index contributed by atoms with van der Waals surface area (Å²) in [6.45, 7) is 0.524. The number of nitrogens with one attached hydrogen (secondary N) is 1. The normalized spacial score (nSPS) is 10.4. The third kappa shape index (κ3) is 6.16. The van der Waals surface area contributed by atoms with Crippen LogP contribution < -0.4 is 5.32 Å². The molecule has 2 amide bonds. The van der Waals surface area contributed by atoms with Gasteiger partial charge in [-0.15, -0.1) is 11.3 Å². The number of methoxy groups -OCH3 is 1. The van der Waals surface area contributed by atoms with Crippen molar-refractivity contribution in [2.24, 2.45) is 0 Å². The monoisotopic (exact) mass is 456 g/mol. The predicted octanol–water partition coefficient (Wildman–Crippen LogP) is 4.86. The summed E-state index contributed by atoms with van der Waals surface area (Å²) in [5.41, 5.74) is 1.63. The van der Waals surface area contributed by atoms with E-state index in [1.807, 2.05) is 30.3 Å². The van der Waals surface area contributed by atoms with E-state index < -0.39 is 5.97 Å². The van der Waals surface area contributed by atoms with Crippen LogP contribution in [0.2, 0.25) is 5.02 Å². The molecule has 31 heavy (non-hydrogen) atoms. The van der Waals surface area contributed by atoms with Crippen LogP contribution in [0.3, 0.4) is 0 Å². The number of carbonyl (C=O) groups excluding carboxylic acids is 3. The van der Waals surface area contributed by atoms with Gasteiger partial charge in [-0.25, -0.2) is 0 Å². The number of thiophene rings is 1. The van der Waals surface area contributed by atoms with Crippen molar-refractivity contribution < 1.29 is 19.1 Å². The molecular weight excluding hydrogens is 436 g/mol. The van der Waals surface area contributed by atoms with E-state index in [1.54, 1.807) is 40.6 Å². The molecule has 0 unspecified atom stereocenters. The number of halogens is 1. The number of ether oxygens (including phenoxy) is 1. The highest BCUT2D eigenvalue weighted by Gasteiger charge is 2.19. The number of hydrogen-bond donors (Lipinski definition) is 1. The Morgan fingerprint density at radius 1 is 1.06 bits per heavy atom. The van der Waals surface area contributed by atoms with Gasteiger partial charge in [0.25, 0.3) is 11.8 Å². The van der Waals surface area contributed by atoms with Crippen molar-refractivity contribution >= 4 is 46.4 Å². The molecule has 3 aromatic rings. The molecule has 160 valence electrons. The standard InChI is InChI=1S/C23H21ClN2O4S/c1-30-21(27)11-12-26(15-16-6-3-2-4-7-16)23(29)17-9-10-18(24)19(14-17)25-22(28)20-8-5-13-31-20/h2-10,13-14H,11-12,15H2,1H3,(H,25,28). The van der Waals surface area contributed by atoms with Crippen molar-refractivity contribution in [3.63, 3.8) is 0 Å². The number of amides is 2. The van der Waals surface area contributed by atoms with Gasteiger partial charge in [0.05, 0.1) is 29.1 Å². The molecule has 6 nitrogen and oxygen atoms in total. The van der Waals surface area contributed by atoms with Crippen molar-refractivity contribution in [3.05, 3.63) is 87.1 Å². The number of anilines is 1. The van der Waals surface area contributed by atoms with Gasteiger partial charge in [0.1, 0.15) is 0 Å². The van der Waals surface area contributed by atoms with Crippen LogP contribution in [0.5, 0.6) is 0 Å². The van der Waals surface area contributed by atoms with Crippen LogP contribution in [-0.2, 0) is 16.1 Å². The molecule has 1 aromatic heterocycles. The van der Waals surface area contributed by atoms with Crippen molar-refractivity contribution in [3.8, 4) is 0 Å². The smallest absolute Gasteiger partial charge is 0.307 e. The fourth-order valence-corrected chi connectivity index (χ4v) is 3.70. The molecule has 0 radical (unpaired) electrons. The molecule has 1 N–H and O–H groups in total. The molecule has 0 saturated carbocycles. The number of carbonyl (C=O) groups is 3. The second-order valence-corrected chi connectivity index (χ2v) is 8.02. The maximum Gasteiger partial charge on any atom is 0.307 e. The number of benzene rings is 2. The predicted molar refractivity (Wildman–Crippen MR) is 122 cm³/mol. The quantitative estimate of drug-likeness (QED) is 0.491. The van der Waals surface area contributed by atoms with Crippen LogP contribution >= 0.6 is 22.9 Å². The van der Waals surface area contributed by atoms with Gasteiger partial charge < -0.3 is 15.0 Å². The van der Waals surface area contributed by atoms with Gasteiger partial charge in [0, 0.05) is 18.7 Å². The molecule has 0 aliphatic rings. The maximum atomic E-state index is 13.2. The Bertz CT molecular complexity index is 1050. The Morgan fingerprint density at radius 3 is 2.52 bits per heavy atom. The largest absolute Gasteiger partial charge is 0.469 e. The van der Waals surface area contributed by atoms with E-state index in [0.717, 1.165) is 5.56 Å². The molecule has 0 saturated heterocycles. The lowest BCUT2D eigenvalue weighted by molar-refractivity contribution is -0.140. The molecule has 0 aliphatic heterocycles. The summed E-state index contributed by atoms with van der Waals surface area (Å²) < 4.78 is 4.71. The first-order valence-electron chi connectivity index (χ1n) is 9.52. The SMILES string of the molecule is COC(=O)CCN(Cc1ccccc1)C(=O)c1ccc(Cl)c(NC(=O)c2cccs2)c1. The molecular formula is C23H21ClN2O4S. The minimum atomic E-state index is -0.397. The number of rotatable bonds is 8. The molecule has 2 aromatic carbocycles.